The molecule has 5 nitrogen and oxygen atoms in total. The molecule has 1 fully saturated rings. The largest absolute Gasteiger partial charge is 0.339 e. The Bertz CT molecular complexity index is 1450. The molecule has 6 rings (SSSR count). The Kier molecular flexibility index (Phi) is 4.80. The summed E-state index contributed by atoms with van der Waals surface area (Å²) < 4.78 is 2.16. The predicted molar refractivity (Wildman–Crippen MR) is 129 cm³/mol. The SMILES string of the molecule is O=C(c1ccc(CSc2nc3ccccc3c3nc4ccccc4n23)cc1)N1CCCC1. The fourth-order valence-corrected chi connectivity index (χ4v) is 5.37. The highest BCUT2D eigenvalue weighted by atomic mass is 32.2. The van der Waals surface area contributed by atoms with Crippen molar-refractivity contribution in [3.63, 3.8) is 0 Å². The molecular weight excluding hydrogens is 416 g/mol. The maximum Gasteiger partial charge on any atom is 0.253 e. The second-order valence-electron chi connectivity index (χ2n) is 8.16. The van der Waals surface area contributed by atoms with Crippen LogP contribution in [0, 0.1) is 0 Å². The third-order valence-electron chi connectivity index (χ3n) is 6.08. The zero-order chi connectivity index (χ0) is 21.5. The zero-order valence-electron chi connectivity index (χ0n) is 17.6. The first kappa shape index (κ1) is 19.3. The van der Waals surface area contributed by atoms with Crippen LogP contribution >= 0.6 is 11.8 Å². The van der Waals surface area contributed by atoms with Crippen LogP contribution in [-0.2, 0) is 5.75 Å². The molecule has 6 heteroatoms. The molecule has 0 N–H and O–H groups in total. The number of benzene rings is 3. The van der Waals surface area contributed by atoms with Gasteiger partial charge in [-0.2, -0.15) is 0 Å². The standard InChI is InChI=1S/C26H22N4OS/c31-25(29-15-5-6-16-29)19-13-11-18(12-14-19)17-32-26-28-21-8-2-1-7-20(21)24-27-22-9-3-4-10-23(22)30(24)26/h1-4,7-14H,5-6,15-17H2. The fourth-order valence-electron chi connectivity index (χ4n) is 4.40. The number of carbonyl (C=O) groups is 1. The molecule has 1 amide bonds. The van der Waals surface area contributed by atoms with Gasteiger partial charge < -0.3 is 4.90 Å². The molecule has 0 radical (unpaired) electrons. The van der Waals surface area contributed by atoms with Gasteiger partial charge in [-0.15, -0.1) is 0 Å². The summed E-state index contributed by atoms with van der Waals surface area (Å²) in [5, 5.41) is 1.97. The Balaban J connectivity index is 1.33. The lowest BCUT2D eigenvalue weighted by Gasteiger charge is -2.15. The van der Waals surface area contributed by atoms with Crippen LogP contribution in [0.1, 0.15) is 28.8 Å². The number of aromatic nitrogens is 3. The van der Waals surface area contributed by atoms with Crippen molar-refractivity contribution in [2.75, 3.05) is 13.1 Å². The number of fused-ring (bicyclic) bond motifs is 5. The van der Waals surface area contributed by atoms with Crippen LogP contribution in [0.3, 0.4) is 0 Å². The highest BCUT2D eigenvalue weighted by molar-refractivity contribution is 7.98. The van der Waals surface area contributed by atoms with Gasteiger partial charge in [0, 0.05) is 29.8 Å². The summed E-state index contributed by atoms with van der Waals surface area (Å²) in [5.41, 5.74) is 5.86. The van der Waals surface area contributed by atoms with E-state index in [1.165, 1.54) is 5.56 Å². The molecule has 32 heavy (non-hydrogen) atoms. The first-order valence-electron chi connectivity index (χ1n) is 10.9. The van der Waals surface area contributed by atoms with Crippen molar-refractivity contribution in [3.8, 4) is 0 Å². The molecule has 0 saturated carbocycles. The van der Waals surface area contributed by atoms with Crippen LogP contribution in [0.15, 0.2) is 78.0 Å². The van der Waals surface area contributed by atoms with Crippen LogP contribution in [0.25, 0.3) is 27.6 Å². The van der Waals surface area contributed by atoms with E-state index in [4.69, 9.17) is 9.97 Å². The van der Waals surface area contributed by atoms with Crippen molar-refractivity contribution in [2.45, 2.75) is 23.8 Å². The molecule has 1 saturated heterocycles. The van der Waals surface area contributed by atoms with E-state index in [2.05, 4.69) is 28.7 Å². The molecule has 2 aromatic heterocycles. The normalized spacial score (nSPS) is 14.1. The van der Waals surface area contributed by atoms with Crippen LogP contribution in [0.2, 0.25) is 0 Å². The number of rotatable bonds is 4. The fraction of sp³-hybridized carbons (Fsp3) is 0.192. The van der Waals surface area contributed by atoms with Crippen LogP contribution in [0.4, 0.5) is 0 Å². The van der Waals surface area contributed by atoms with E-state index in [0.717, 1.165) is 70.0 Å². The predicted octanol–water partition coefficient (Wildman–Crippen LogP) is 5.56. The lowest BCUT2D eigenvalue weighted by molar-refractivity contribution is 0.0793. The first-order valence-corrected chi connectivity index (χ1v) is 11.9. The smallest absolute Gasteiger partial charge is 0.253 e. The van der Waals surface area contributed by atoms with Crippen molar-refractivity contribution in [1.29, 1.82) is 0 Å². The van der Waals surface area contributed by atoms with Crippen molar-refractivity contribution < 1.29 is 4.79 Å². The second kappa shape index (κ2) is 7.95. The van der Waals surface area contributed by atoms with E-state index in [0.29, 0.717) is 0 Å². The number of para-hydroxylation sites is 3. The number of nitrogens with zero attached hydrogens (tertiary/aromatic N) is 4. The Morgan fingerprint density at radius 2 is 1.56 bits per heavy atom. The van der Waals surface area contributed by atoms with Gasteiger partial charge in [-0.1, -0.05) is 48.2 Å². The summed E-state index contributed by atoms with van der Waals surface area (Å²) in [6, 6.07) is 24.4. The van der Waals surface area contributed by atoms with Gasteiger partial charge in [-0.05, 0) is 54.8 Å². The van der Waals surface area contributed by atoms with E-state index >= 15 is 0 Å². The minimum atomic E-state index is 0.143. The molecule has 158 valence electrons. The average Bonchev–Trinajstić information content (AvgIpc) is 3.51. The van der Waals surface area contributed by atoms with E-state index in [1.807, 2.05) is 53.4 Å². The van der Waals surface area contributed by atoms with E-state index in [-0.39, 0.29) is 5.91 Å². The van der Waals surface area contributed by atoms with Gasteiger partial charge in [0.1, 0.15) is 5.65 Å². The molecule has 1 aliphatic heterocycles. The Morgan fingerprint density at radius 3 is 2.38 bits per heavy atom. The maximum absolute atomic E-state index is 12.6. The number of hydrogen-bond acceptors (Lipinski definition) is 4. The Labute approximate surface area is 190 Å². The number of thioether (sulfide) groups is 1. The molecule has 0 aliphatic carbocycles. The van der Waals surface area contributed by atoms with E-state index in [1.54, 1.807) is 11.8 Å². The van der Waals surface area contributed by atoms with E-state index < -0.39 is 0 Å². The highest BCUT2D eigenvalue weighted by Gasteiger charge is 2.19. The molecule has 1 aliphatic rings. The van der Waals surface area contributed by atoms with E-state index in [9.17, 15) is 4.79 Å². The minimum absolute atomic E-state index is 0.143. The van der Waals surface area contributed by atoms with Crippen molar-refractivity contribution in [2.24, 2.45) is 0 Å². The molecule has 5 aromatic rings. The van der Waals surface area contributed by atoms with Gasteiger partial charge in [0.25, 0.3) is 5.91 Å². The topological polar surface area (TPSA) is 50.5 Å². The third kappa shape index (κ3) is 3.31. The summed E-state index contributed by atoms with van der Waals surface area (Å²) in [5.74, 6) is 0.912. The number of amides is 1. The van der Waals surface area contributed by atoms with Gasteiger partial charge >= 0.3 is 0 Å². The van der Waals surface area contributed by atoms with Gasteiger partial charge in [0.05, 0.1) is 16.6 Å². The zero-order valence-corrected chi connectivity index (χ0v) is 18.4. The number of likely N-dealkylation sites (tertiary alicyclic amines) is 1. The van der Waals surface area contributed by atoms with Crippen LogP contribution < -0.4 is 0 Å². The summed E-state index contributed by atoms with van der Waals surface area (Å²) in [6.45, 7) is 1.75. The van der Waals surface area contributed by atoms with Crippen molar-refractivity contribution >= 4 is 45.3 Å². The van der Waals surface area contributed by atoms with Crippen LogP contribution in [0.5, 0.6) is 0 Å². The quantitative estimate of drug-likeness (QED) is 0.272. The minimum Gasteiger partial charge on any atom is -0.339 e. The number of carbonyl (C=O) groups excluding carboxylic acids is 1. The Hall–Kier alpha value is -3.38. The lowest BCUT2D eigenvalue weighted by atomic mass is 10.1. The van der Waals surface area contributed by atoms with Gasteiger partial charge in [-0.3, -0.25) is 9.20 Å². The van der Waals surface area contributed by atoms with Gasteiger partial charge in [0.2, 0.25) is 0 Å². The second-order valence-corrected chi connectivity index (χ2v) is 9.10. The summed E-state index contributed by atoms with van der Waals surface area (Å²) >= 11 is 1.69. The molecule has 3 aromatic carbocycles. The lowest BCUT2D eigenvalue weighted by Crippen LogP contribution is -2.27. The summed E-state index contributed by atoms with van der Waals surface area (Å²) in [7, 11) is 0. The molecule has 0 atom stereocenters. The molecular formula is C26H22N4OS. The third-order valence-corrected chi connectivity index (χ3v) is 7.08. The van der Waals surface area contributed by atoms with Crippen molar-refractivity contribution in [1.82, 2.24) is 19.3 Å². The molecule has 0 spiro atoms. The van der Waals surface area contributed by atoms with Crippen molar-refractivity contribution in [3.05, 3.63) is 83.9 Å². The van der Waals surface area contributed by atoms with Gasteiger partial charge in [0.15, 0.2) is 5.16 Å². The molecule has 3 heterocycles. The Morgan fingerprint density at radius 1 is 0.844 bits per heavy atom. The van der Waals surface area contributed by atoms with Crippen LogP contribution in [-0.4, -0.2) is 38.3 Å². The number of imidazole rings is 1. The number of hydrogen-bond donors (Lipinski definition) is 0. The highest BCUT2D eigenvalue weighted by Crippen LogP contribution is 2.30. The summed E-state index contributed by atoms with van der Waals surface area (Å²) in [6.07, 6.45) is 2.22. The molecule has 0 unspecified atom stereocenters. The van der Waals surface area contributed by atoms with Gasteiger partial charge in [-0.25, -0.2) is 9.97 Å². The average molecular weight is 439 g/mol. The molecule has 0 bridgehead atoms. The first-order chi connectivity index (χ1) is 15.8. The monoisotopic (exact) mass is 438 g/mol. The maximum atomic E-state index is 12.6. The summed E-state index contributed by atoms with van der Waals surface area (Å²) in [4.78, 5) is 24.4.